The third-order valence-corrected chi connectivity index (χ3v) is 5.33. The van der Waals surface area contributed by atoms with Crippen LogP contribution in [0.3, 0.4) is 0 Å². The average Bonchev–Trinajstić information content (AvgIpc) is 3.27. The van der Waals surface area contributed by atoms with Gasteiger partial charge in [-0.25, -0.2) is 0 Å². The van der Waals surface area contributed by atoms with Crippen LogP contribution in [-0.2, 0) is 11.2 Å². The SMILES string of the molecule is O=C1CCC(C=Cc2cccc(Cl)c2)C1CCCCCCc1nn[nH]n1. The number of benzene rings is 1. The zero-order valence-corrected chi connectivity index (χ0v) is 15.7. The molecule has 1 aromatic carbocycles. The van der Waals surface area contributed by atoms with Gasteiger partial charge in [0.15, 0.2) is 5.82 Å². The number of carbonyl (C=O) groups is 1. The second-order valence-corrected chi connectivity index (χ2v) is 7.41. The fourth-order valence-corrected chi connectivity index (χ4v) is 3.87. The number of ketones is 1. The van der Waals surface area contributed by atoms with Crippen molar-refractivity contribution in [2.45, 2.75) is 51.4 Å². The smallest absolute Gasteiger partial charge is 0.174 e. The highest BCUT2D eigenvalue weighted by Crippen LogP contribution is 2.34. The van der Waals surface area contributed by atoms with Gasteiger partial charge in [-0.1, -0.05) is 60.4 Å². The van der Waals surface area contributed by atoms with Crippen molar-refractivity contribution in [3.63, 3.8) is 0 Å². The molecule has 5 nitrogen and oxygen atoms in total. The second kappa shape index (κ2) is 9.62. The van der Waals surface area contributed by atoms with Crippen molar-refractivity contribution < 1.29 is 4.79 Å². The quantitative estimate of drug-likeness (QED) is 0.650. The van der Waals surface area contributed by atoms with Gasteiger partial charge in [-0.3, -0.25) is 4.79 Å². The minimum Gasteiger partial charge on any atom is -0.299 e. The van der Waals surface area contributed by atoms with Crippen LogP contribution in [0.5, 0.6) is 0 Å². The van der Waals surface area contributed by atoms with Crippen LogP contribution in [0.4, 0.5) is 0 Å². The van der Waals surface area contributed by atoms with E-state index in [2.05, 4.69) is 32.8 Å². The van der Waals surface area contributed by atoms with Crippen molar-refractivity contribution in [2.75, 3.05) is 0 Å². The third-order valence-electron chi connectivity index (χ3n) is 5.09. The number of nitrogens with one attached hydrogen (secondary N) is 1. The summed E-state index contributed by atoms with van der Waals surface area (Å²) in [6.45, 7) is 0. The predicted octanol–water partition coefficient (Wildman–Crippen LogP) is 4.65. The van der Waals surface area contributed by atoms with Gasteiger partial charge in [0.05, 0.1) is 0 Å². The highest BCUT2D eigenvalue weighted by atomic mass is 35.5. The number of rotatable bonds is 9. The highest BCUT2D eigenvalue weighted by molar-refractivity contribution is 6.30. The van der Waals surface area contributed by atoms with Crippen molar-refractivity contribution in [2.24, 2.45) is 11.8 Å². The van der Waals surface area contributed by atoms with E-state index in [0.29, 0.717) is 18.1 Å². The minimum absolute atomic E-state index is 0.183. The number of aromatic nitrogens is 4. The van der Waals surface area contributed by atoms with Crippen LogP contribution >= 0.6 is 11.6 Å². The van der Waals surface area contributed by atoms with E-state index >= 15 is 0 Å². The number of hydrogen-bond donors (Lipinski definition) is 1. The van der Waals surface area contributed by atoms with Gasteiger partial charge >= 0.3 is 0 Å². The van der Waals surface area contributed by atoms with Gasteiger partial charge in [-0.15, -0.1) is 10.2 Å². The zero-order valence-electron chi connectivity index (χ0n) is 14.9. The third kappa shape index (κ3) is 5.49. The van der Waals surface area contributed by atoms with Crippen LogP contribution in [0.1, 0.15) is 56.3 Å². The minimum atomic E-state index is 0.183. The van der Waals surface area contributed by atoms with Gasteiger partial charge in [0.1, 0.15) is 5.78 Å². The number of halogens is 1. The first-order valence-electron chi connectivity index (χ1n) is 9.41. The molecule has 2 aromatic rings. The molecule has 0 spiro atoms. The lowest BCUT2D eigenvalue weighted by Gasteiger charge is -2.14. The van der Waals surface area contributed by atoms with Gasteiger partial charge in [0, 0.05) is 23.8 Å². The number of nitrogens with zero attached hydrogens (tertiary/aromatic N) is 3. The topological polar surface area (TPSA) is 71.5 Å². The standard InChI is InChI=1S/C20H25ClN4O/c21-17-7-5-6-15(14-17)10-11-16-12-13-19(26)18(16)8-3-1-2-4-9-20-22-24-25-23-20/h5-7,10-11,14,16,18H,1-4,8-9,12-13H2,(H,22,23,24,25). The molecule has 6 heteroatoms. The van der Waals surface area contributed by atoms with E-state index in [4.69, 9.17) is 11.6 Å². The molecule has 0 amide bonds. The molecule has 2 atom stereocenters. The molecule has 1 aliphatic carbocycles. The summed E-state index contributed by atoms with van der Waals surface area (Å²) >= 11 is 6.03. The van der Waals surface area contributed by atoms with Crippen molar-refractivity contribution >= 4 is 23.5 Å². The monoisotopic (exact) mass is 372 g/mol. The van der Waals surface area contributed by atoms with E-state index in [9.17, 15) is 4.79 Å². The van der Waals surface area contributed by atoms with E-state index in [1.807, 2.05) is 24.3 Å². The fraction of sp³-hybridized carbons (Fsp3) is 0.500. The highest BCUT2D eigenvalue weighted by Gasteiger charge is 2.32. The van der Waals surface area contributed by atoms with Crippen LogP contribution in [0.25, 0.3) is 6.08 Å². The van der Waals surface area contributed by atoms with Gasteiger partial charge < -0.3 is 0 Å². The summed E-state index contributed by atoms with van der Waals surface area (Å²) < 4.78 is 0. The fourth-order valence-electron chi connectivity index (χ4n) is 3.67. The first-order chi connectivity index (χ1) is 12.7. The number of allylic oxidation sites excluding steroid dienone is 1. The van der Waals surface area contributed by atoms with Crippen molar-refractivity contribution in [1.29, 1.82) is 0 Å². The van der Waals surface area contributed by atoms with Crippen LogP contribution in [0, 0.1) is 11.8 Å². The molecule has 1 fully saturated rings. The van der Waals surface area contributed by atoms with Gasteiger partial charge in [-0.05, 0) is 42.9 Å². The second-order valence-electron chi connectivity index (χ2n) is 6.97. The lowest BCUT2D eigenvalue weighted by Crippen LogP contribution is -2.13. The molecule has 2 unspecified atom stereocenters. The van der Waals surface area contributed by atoms with E-state index < -0.39 is 0 Å². The Balaban J connectivity index is 1.41. The van der Waals surface area contributed by atoms with E-state index in [1.165, 1.54) is 0 Å². The molecule has 1 heterocycles. The summed E-state index contributed by atoms with van der Waals surface area (Å²) in [5.74, 6) is 1.75. The molecule has 1 N–H and O–H groups in total. The lowest BCUT2D eigenvalue weighted by molar-refractivity contribution is -0.121. The normalized spacial score (nSPS) is 20.3. The molecule has 138 valence electrons. The van der Waals surface area contributed by atoms with Crippen LogP contribution in [0.2, 0.25) is 5.02 Å². The van der Waals surface area contributed by atoms with Crippen molar-refractivity contribution in [3.05, 3.63) is 46.8 Å². The summed E-state index contributed by atoms with van der Waals surface area (Å²) in [7, 11) is 0. The van der Waals surface area contributed by atoms with E-state index in [1.54, 1.807) is 0 Å². The Hall–Kier alpha value is -2.01. The van der Waals surface area contributed by atoms with Crippen molar-refractivity contribution in [3.8, 4) is 0 Å². The Labute approximate surface area is 159 Å². The predicted molar refractivity (Wildman–Crippen MR) is 103 cm³/mol. The number of carbonyl (C=O) groups excluding carboxylic acids is 1. The number of hydrogen-bond acceptors (Lipinski definition) is 4. The van der Waals surface area contributed by atoms with Crippen molar-refractivity contribution in [1.82, 2.24) is 20.6 Å². The molecule has 1 saturated carbocycles. The largest absolute Gasteiger partial charge is 0.299 e. The summed E-state index contributed by atoms with van der Waals surface area (Å²) in [6.07, 6.45) is 12.3. The maximum Gasteiger partial charge on any atom is 0.174 e. The van der Waals surface area contributed by atoms with Gasteiger partial charge in [0.2, 0.25) is 0 Å². The average molecular weight is 373 g/mol. The van der Waals surface area contributed by atoms with E-state index in [0.717, 1.165) is 61.4 Å². The van der Waals surface area contributed by atoms with E-state index in [-0.39, 0.29) is 5.92 Å². The van der Waals surface area contributed by atoms with Crippen LogP contribution < -0.4 is 0 Å². The Morgan fingerprint density at radius 3 is 2.92 bits per heavy atom. The Kier molecular flexibility index (Phi) is 6.95. The van der Waals surface area contributed by atoms with Crippen LogP contribution in [-0.4, -0.2) is 26.4 Å². The number of tetrazole rings is 1. The zero-order chi connectivity index (χ0) is 18.2. The maximum atomic E-state index is 12.2. The number of aromatic amines is 1. The Bertz CT molecular complexity index is 729. The molecule has 3 rings (SSSR count). The lowest BCUT2D eigenvalue weighted by atomic mass is 9.89. The molecule has 1 aromatic heterocycles. The number of Topliss-reactive ketones (excluding diaryl/α,β-unsaturated/α-hetero) is 1. The summed E-state index contributed by atoms with van der Waals surface area (Å²) in [5, 5.41) is 14.7. The first kappa shape index (κ1) is 18.8. The molecule has 0 aliphatic heterocycles. The first-order valence-corrected chi connectivity index (χ1v) is 9.79. The van der Waals surface area contributed by atoms with Crippen LogP contribution in [0.15, 0.2) is 30.3 Å². The summed E-state index contributed by atoms with van der Waals surface area (Å²) in [5.41, 5.74) is 1.09. The van der Waals surface area contributed by atoms with Gasteiger partial charge in [0.25, 0.3) is 0 Å². The summed E-state index contributed by atoms with van der Waals surface area (Å²) in [4.78, 5) is 12.2. The molecule has 0 saturated heterocycles. The molecular formula is C20H25ClN4O. The maximum absolute atomic E-state index is 12.2. The molecule has 0 bridgehead atoms. The Morgan fingerprint density at radius 1 is 1.23 bits per heavy atom. The Morgan fingerprint density at radius 2 is 2.12 bits per heavy atom. The molecular weight excluding hydrogens is 348 g/mol. The molecule has 0 radical (unpaired) electrons. The summed E-state index contributed by atoms with van der Waals surface area (Å²) in [6, 6.07) is 7.82. The number of aryl methyl sites for hydroxylation is 1. The molecule has 26 heavy (non-hydrogen) atoms. The van der Waals surface area contributed by atoms with Gasteiger partial charge in [-0.2, -0.15) is 5.21 Å². The molecule has 1 aliphatic rings. The number of unbranched alkanes of at least 4 members (excludes halogenated alkanes) is 3. The number of H-pyrrole nitrogens is 1.